The topological polar surface area (TPSA) is 72.5 Å². The third kappa shape index (κ3) is 5.05. The van der Waals surface area contributed by atoms with Gasteiger partial charge in [-0.1, -0.05) is 13.8 Å². The number of sulfonamides is 1. The monoisotopic (exact) mass is 321 g/mol. The first kappa shape index (κ1) is 17.5. The maximum Gasteiger partial charge on any atom is 0.323 e. The molecule has 1 N–H and O–H groups in total. The predicted molar refractivity (Wildman–Crippen MR) is 71.9 cm³/mol. The van der Waals surface area contributed by atoms with Gasteiger partial charge in [-0.05, 0) is 24.5 Å². The van der Waals surface area contributed by atoms with Gasteiger partial charge in [0.1, 0.15) is 17.7 Å². The molecule has 0 heterocycles. The molecule has 21 heavy (non-hydrogen) atoms. The highest BCUT2D eigenvalue weighted by Gasteiger charge is 2.27. The zero-order valence-corrected chi connectivity index (χ0v) is 12.7. The van der Waals surface area contributed by atoms with Gasteiger partial charge in [-0.15, -0.1) is 0 Å². The summed E-state index contributed by atoms with van der Waals surface area (Å²) in [4.78, 5) is 11.0. The van der Waals surface area contributed by atoms with Crippen molar-refractivity contribution >= 4 is 16.0 Å². The van der Waals surface area contributed by atoms with E-state index in [2.05, 4.69) is 9.46 Å². The minimum absolute atomic E-state index is 0.0149. The Labute approximate surface area is 122 Å². The van der Waals surface area contributed by atoms with Crippen LogP contribution in [-0.2, 0) is 19.6 Å². The molecule has 5 nitrogen and oxygen atoms in total. The Morgan fingerprint density at radius 2 is 1.76 bits per heavy atom. The normalized spacial score (nSPS) is 13.2. The Balaban J connectivity index is 3.08. The third-order valence-corrected chi connectivity index (χ3v) is 4.09. The number of carbonyl (C=O) groups is 1. The summed E-state index contributed by atoms with van der Waals surface area (Å²) in [6, 6.07) is 0.793. The Morgan fingerprint density at radius 1 is 1.24 bits per heavy atom. The second-order valence-electron chi connectivity index (χ2n) is 4.93. The minimum Gasteiger partial charge on any atom is -0.468 e. The number of benzene rings is 1. The number of ether oxygens (including phenoxy) is 1. The van der Waals surface area contributed by atoms with E-state index in [1.807, 2.05) is 0 Å². The highest BCUT2D eigenvalue weighted by atomic mass is 32.2. The van der Waals surface area contributed by atoms with E-state index in [0.717, 1.165) is 7.11 Å². The average Bonchev–Trinajstić information content (AvgIpc) is 2.35. The summed E-state index contributed by atoms with van der Waals surface area (Å²) in [6.45, 7) is 3.60. The number of methoxy groups -OCH3 is 1. The van der Waals surface area contributed by atoms with Crippen LogP contribution in [0.15, 0.2) is 23.1 Å². The fourth-order valence-electron chi connectivity index (χ4n) is 1.75. The van der Waals surface area contributed by atoms with E-state index < -0.39 is 38.6 Å². The first-order chi connectivity index (χ1) is 9.65. The van der Waals surface area contributed by atoms with Gasteiger partial charge in [0.15, 0.2) is 0 Å². The van der Waals surface area contributed by atoms with E-state index in [1.165, 1.54) is 0 Å². The summed E-state index contributed by atoms with van der Waals surface area (Å²) < 4.78 is 57.0. The van der Waals surface area contributed by atoms with Gasteiger partial charge in [-0.25, -0.2) is 17.2 Å². The first-order valence-corrected chi connectivity index (χ1v) is 7.70. The molecule has 0 saturated carbocycles. The maximum absolute atomic E-state index is 13.1. The second-order valence-corrected chi connectivity index (χ2v) is 6.65. The van der Waals surface area contributed by atoms with Gasteiger partial charge in [-0.2, -0.15) is 4.72 Å². The number of halogens is 2. The van der Waals surface area contributed by atoms with Gasteiger partial charge in [-0.3, -0.25) is 4.79 Å². The lowest BCUT2D eigenvalue weighted by Crippen LogP contribution is -2.42. The summed E-state index contributed by atoms with van der Waals surface area (Å²) >= 11 is 0. The van der Waals surface area contributed by atoms with Crippen LogP contribution in [0.4, 0.5) is 8.78 Å². The Kier molecular flexibility index (Phi) is 5.79. The van der Waals surface area contributed by atoms with Crippen molar-refractivity contribution in [1.29, 1.82) is 0 Å². The number of rotatable bonds is 6. The standard InChI is InChI=1S/C13H17F2NO4S/c1-8(2)4-12(13(17)20-3)16-21(18,19)11-6-9(14)5-10(15)7-11/h5-8,12,16H,4H2,1-3H3. The van der Waals surface area contributed by atoms with Crippen LogP contribution in [0.5, 0.6) is 0 Å². The van der Waals surface area contributed by atoms with E-state index >= 15 is 0 Å². The molecule has 0 aliphatic heterocycles. The van der Waals surface area contributed by atoms with E-state index in [4.69, 9.17) is 0 Å². The van der Waals surface area contributed by atoms with Crippen molar-refractivity contribution in [3.63, 3.8) is 0 Å². The zero-order valence-electron chi connectivity index (χ0n) is 11.9. The highest BCUT2D eigenvalue weighted by Crippen LogP contribution is 2.16. The van der Waals surface area contributed by atoms with Crippen LogP contribution in [0.1, 0.15) is 20.3 Å². The van der Waals surface area contributed by atoms with Gasteiger partial charge in [0.05, 0.1) is 12.0 Å². The molecule has 118 valence electrons. The molecule has 1 unspecified atom stereocenters. The molecular formula is C13H17F2NO4S. The van der Waals surface area contributed by atoms with Crippen LogP contribution in [-0.4, -0.2) is 27.5 Å². The van der Waals surface area contributed by atoms with E-state index in [9.17, 15) is 22.0 Å². The van der Waals surface area contributed by atoms with Crippen molar-refractivity contribution in [2.75, 3.05) is 7.11 Å². The lowest BCUT2D eigenvalue weighted by Gasteiger charge is -2.18. The van der Waals surface area contributed by atoms with E-state index in [0.29, 0.717) is 18.2 Å². The van der Waals surface area contributed by atoms with Crippen molar-refractivity contribution in [1.82, 2.24) is 4.72 Å². The van der Waals surface area contributed by atoms with Crippen molar-refractivity contribution < 1.29 is 26.7 Å². The molecule has 1 rings (SSSR count). The molecule has 0 radical (unpaired) electrons. The summed E-state index contributed by atoms with van der Waals surface area (Å²) in [7, 11) is -3.11. The van der Waals surface area contributed by atoms with Gasteiger partial charge < -0.3 is 4.74 Å². The molecule has 1 atom stereocenters. The Bertz CT molecular complexity index is 596. The van der Waals surface area contributed by atoms with Crippen LogP contribution < -0.4 is 4.72 Å². The summed E-state index contributed by atoms with van der Waals surface area (Å²) in [5.41, 5.74) is 0. The Hall–Kier alpha value is -1.54. The van der Waals surface area contributed by atoms with Crippen molar-refractivity contribution in [2.45, 2.75) is 31.2 Å². The molecule has 0 fully saturated rings. The lowest BCUT2D eigenvalue weighted by atomic mass is 10.1. The molecule has 1 aromatic carbocycles. The predicted octanol–water partition coefficient (Wildman–Crippen LogP) is 1.83. The number of hydrogen-bond acceptors (Lipinski definition) is 4. The largest absolute Gasteiger partial charge is 0.468 e. The SMILES string of the molecule is COC(=O)C(CC(C)C)NS(=O)(=O)c1cc(F)cc(F)c1. The smallest absolute Gasteiger partial charge is 0.323 e. The molecule has 0 saturated heterocycles. The Morgan fingerprint density at radius 3 is 2.19 bits per heavy atom. The fourth-order valence-corrected chi connectivity index (χ4v) is 2.98. The van der Waals surface area contributed by atoms with Gasteiger partial charge in [0, 0.05) is 6.07 Å². The van der Waals surface area contributed by atoms with Gasteiger partial charge >= 0.3 is 5.97 Å². The van der Waals surface area contributed by atoms with Crippen LogP contribution in [0.2, 0.25) is 0 Å². The molecular weight excluding hydrogens is 304 g/mol. The van der Waals surface area contributed by atoms with Crippen LogP contribution in [0, 0.1) is 17.6 Å². The molecule has 0 aliphatic rings. The second kappa shape index (κ2) is 6.95. The quantitative estimate of drug-likeness (QED) is 0.811. The van der Waals surface area contributed by atoms with E-state index in [-0.39, 0.29) is 12.3 Å². The van der Waals surface area contributed by atoms with Crippen LogP contribution in [0.25, 0.3) is 0 Å². The average molecular weight is 321 g/mol. The maximum atomic E-state index is 13.1. The summed E-state index contributed by atoms with van der Waals surface area (Å²) in [5, 5.41) is 0. The third-order valence-electron chi connectivity index (χ3n) is 2.64. The fraction of sp³-hybridized carbons (Fsp3) is 0.462. The lowest BCUT2D eigenvalue weighted by molar-refractivity contribution is -0.143. The van der Waals surface area contributed by atoms with Gasteiger partial charge in [0.25, 0.3) is 0 Å². The van der Waals surface area contributed by atoms with Crippen LogP contribution in [0.3, 0.4) is 0 Å². The zero-order chi connectivity index (χ0) is 16.2. The first-order valence-electron chi connectivity index (χ1n) is 6.22. The number of hydrogen-bond donors (Lipinski definition) is 1. The van der Waals surface area contributed by atoms with Crippen LogP contribution >= 0.6 is 0 Å². The molecule has 0 spiro atoms. The summed E-state index contributed by atoms with van der Waals surface area (Å²) in [6.07, 6.45) is 0.198. The number of nitrogens with one attached hydrogen (secondary N) is 1. The molecule has 1 aromatic rings. The molecule has 0 aliphatic carbocycles. The number of carbonyl (C=O) groups excluding carboxylic acids is 1. The number of esters is 1. The molecule has 0 aromatic heterocycles. The van der Waals surface area contributed by atoms with Crippen molar-refractivity contribution in [3.8, 4) is 0 Å². The molecule has 8 heteroatoms. The molecule has 0 bridgehead atoms. The summed E-state index contributed by atoms with van der Waals surface area (Å²) in [5.74, 6) is -2.78. The minimum atomic E-state index is -4.24. The van der Waals surface area contributed by atoms with Crippen molar-refractivity contribution in [2.24, 2.45) is 5.92 Å². The van der Waals surface area contributed by atoms with Gasteiger partial charge in [0.2, 0.25) is 10.0 Å². The molecule has 0 amide bonds. The van der Waals surface area contributed by atoms with E-state index in [1.54, 1.807) is 13.8 Å². The highest BCUT2D eigenvalue weighted by molar-refractivity contribution is 7.89. The van der Waals surface area contributed by atoms with Crippen molar-refractivity contribution in [3.05, 3.63) is 29.8 Å².